The molecule has 8 nitrogen and oxygen atoms in total. The van der Waals surface area contributed by atoms with Gasteiger partial charge in [-0.1, -0.05) is 5.21 Å². The van der Waals surface area contributed by atoms with E-state index in [1.165, 1.54) is 7.05 Å². The summed E-state index contributed by atoms with van der Waals surface area (Å²) in [6.45, 7) is 4.07. The molecule has 0 aliphatic heterocycles. The zero-order valence-corrected chi connectivity index (χ0v) is 10.5. The monoisotopic (exact) mass is 250 g/mol. The topological polar surface area (TPSA) is 94.7 Å². The summed E-state index contributed by atoms with van der Waals surface area (Å²) in [4.78, 5) is 23.5. The largest absolute Gasteiger partial charge is 0.358 e. The fourth-order valence-corrected chi connectivity index (χ4v) is 1.71. The van der Waals surface area contributed by atoms with Crippen molar-refractivity contribution in [2.45, 2.75) is 26.9 Å². The SMILES string of the molecule is CCn1nc(C)c2nnn(CC(=O)NC)c(=O)c21. The van der Waals surface area contributed by atoms with Crippen LogP contribution < -0.4 is 10.9 Å². The fourth-order valence-electron chi connectivity index (χ4n) is 1.71. The standard InChI is InChI=1S/C10H14N6O2/c1-4-15-9-8(6(2)13-15)12-14-16(10(9)18)5-7(17)11-3/h4-5H2,1-3H3,(H,11,17). The average Bonchev–Trinajstić information content (AvgIpc) is 2.70. The van der Waals surface area contributed by atoms with Gasteiger partial charge in [-0.3, -0.25) is 14.3 Å². The van der Waals surface area contributed by atoms with Gasteiger partial charge >= 0.3 is 0 Å². The van der Waals surface area contributed by atoms with Crippen LogP contribution in [0.1, 0.15) is 12.6 Å². The molecule has 2 aromatic heterocycles. The molecule has 0 aliphatic carbocycles. The molecule has 0 aliphatic rings. The molecule has 0 radical (unpaired) electrons. The molecule has 1 N–H and O–H groups in total. The first-order valence-corrected chi connectivity index (χ1v) is 5.60. The number of fused-ring (bicyclic) bond motifs is 1. The first-order valence-electron chi connectivity index (χ1n) is 5.60. The van der Waals surface area contributed by atoms with Gasteiger partial charge in [0.1, 0.15) is 12.1 Å². The Morgan fingerprint density at radius 1 is 1.39 bits per heavy atom. The summed E-state index contributed by atoms with van der Waals surface area (Å²) in [7, 11) is 1.50. The molecule has 0 aromatic carbocycles. The van der Waals surface area contributed by atoms with Crippen molar-refractivity contribution in [3.63, 3.8) is 0 Å². The predicted molar refractivity (Wildman–Crippen MR) is 64.1 cm³/mol. The Kier molecular flexibility index (Phi) is 3.09. The van der Waals surface area contributed by atoms with Crippen molar-refractivity contribution in [2.75, 3.05) is 7.05 Å². The highest BCUT2D eigenvalue weighted by Crippen LogP contribution is 2.09. The van der Waals surface area contributed by atoms with Crippen LogP contribution >= 0.6 is 0 Å². The first kappa shape index (κ1) is 12.2. The van der Waals surface area contributed by atoms with Gasteiger partial charge in [-0.25, -0.2) is 0 Å². The molecule has 0 saturated carbocycles. The van der Waals surface area contributed by atoms with E-state index in [0.717, 1.165) is 4.68 Å². The second-order valence-electron chi connectivity index (χ2n) is 3.82. The first-order chi connectivity index (χ1) is 8.58. The smallest absolute Gasteiger partial charge is 0.296 e. The van der Waals surface area contributed by atoms with Gasteiger partial charge in [0, 0.05) is 13.6 Å². The molecule has 8 heteroatoms. The van der Waals surface area contributed by atoms with Crippen molar-refractivity contribution >= 4 is 16.9 Å². The quantitative estimate of drug-likeness (QED) is 0.758. The van der Waals surface area contributed by atoms with Gasteiger partial charge < -0.3 is 5.32 Å². The Bertz CT molecular complexity index is 656. The average molecular weight is 250 g/mol. The van der Waals surface area contributed by atoms with Gasteiger partial charge in [-0.15, -0.1) is 5.10 Å². The number of amides is 1. The summed E-state index contributed by atoms with van der Waals surface area (Å²) >= 11 is 0. The van der Waals surface area contributed by atoms with E-state index in [-0.39, 0.29) is 18.0 Å². The Morgan fingerprint density at radius 2 is 2.11 bits per heavy atom. The van der Waals surface area contributed by atoms with Crippen LogP contribution in [0.3, 0.4) is 0 Å². The molecule has 96 valence electrons. The molecule has 0 atom stereocenters. The summed E-state index contributed by atoms with van der Waals surface area (Å²) < 4.78 is 2.61. The third-order valence-electron chi connectivity index (χ3n) is 2.66. The molecule has 2 heterocycles. The summed E-state index contributed by atoms with van der Waals surface area (Å²) in [6, 6.07) is 0. The Morgan fingerprint density at radius 3 is 2.72 bits per heavy atom. The van der Waals surface area contributed by atoms with Crippen LogP contribution in [0.4, 0.5) is 0 Å². The normalized spacial score (nSPS) is 10.8. The van der Waals surface area contributed by atoms with Crippen LogP contribution in [-0.4, -0.2) is 37.7 Å². The molecular formula is C10H14N6O2. The molecule has 2 rings (SSSR count). The number of aromatic nitrogens is 5. The zero-order chi connectivity index (χ0) is 13.3. The van der Waals surface area contributed by atoms with E-state index in [1.807, 2.05) is 6.92 Å². The van der Waals surface area contributed by atoms with Crippen LogP contribution in [0.25, 0.3) is 11.0 Å². The number of likely N-dealkylation sites (N-methyl/N-ethyl adjacent to an activating group) is 1. The minimum atomic E-state index is -0.356. The van der Waals surface area contributed by atoms with Crippen LogP contribution in [0, 0.1) is 6.92 Å². The van der Waals surface area contributed by atoms with Crippen molar-refractivity contribution in [2.24, 2.45) is 0 Å². The second kappa shape index (κ2) is 4.55. The number of rotatable bonds is 3. The summed E-state index contributed by atoms with van der Waals surface area (Å²) in [6.07, 6.45) is 0. The van der Waals surface area contributed by atoms with Crippen molar-refractivity contribution in [1.82, 2.24) is 30.1 Å². The lowest BCUT2D eigenvalue weighted by molar-refractivity contribution is -0.121. The number of hydrogen-bond acceptors (Lipinski definition) is 5. The highest BCUT2D eigenvalue weighted by molar-refractivity contribution is 5.77. The molecular weight excluding hydrogens is 236 g/mol. The summed E-state index contributed by atoms with van der Waals surface area (Å²) in [5, 5.41) is 14.3. The van der Waals surface area contributed by atoms with E-state index in [1.54, 1.807) is 11.6 Å². The van der Waals surface area contributed by atoms with Crippen molar-refractivity contribution in [3.8, 4) is 0 Å². The van der Waals surface area contributed by atoms with Gasteiger partial charge in [0.15, 0.2) is 5.52 Å². The molecule has 0 fully saturated rings. The second-order valence-corrected chi connectivity index (χ2v) is 3.82. The van der Waals surface area contributed by atoms with Gasteiger partial charge in [0.25, 0.3) is 5.56 Å². The third-order valence-corrected chi connectivity index (χ3v) is 2.66. The third kappa shape index (κ3) is 1.85. The lowest BCUT2D eigenvalue weighted by Gasteiger charge is -2.03. The van der Waals surface area contributed by atoms with Crippen LogP contribution in [0.15, 0.2) is 4.79 Å². The molecule has 0 bridgehead atoms. The minimum absolute atomic E-state index is 0.147. The predicted octanol–water partition coefficient (Wildman–Crippen LogP) is -0.938. The van der Waals surface area contributed by atoms with Gasteiger partial charge in [0.2, 0.25) is 5.91 Å². The number of nitrogens with one attached hydrogen (secondary N) is 1. The lowest BCUT2D eigenvalue weighted by atomic mass is 10.4. The fraction of sp³-hybridized carbons (Fsp3) is 0.500. The molecule has 18 heavy (non-hydrogen) atoms. The number of carbonyl (C=O) groups excluding carboxylic acids is 1. The highest BCUT2D eigenvalue weighted by atomic mass is 16.2. The minimum Gasteiger partial charge on any atom is -0.358 e. The van der Waals surface area contributed by atoms with Crippen molar-refractivity contribution in [3.05, 3.63) is 16.0 Å². The van der Waals surface area contributed by atoms with E-state index >= 15 is 0 Å². The van der Waals surface area contributed by atoms with E-state index in [4.69, 9.17) is 0 Å². The Balaban J connectivity index is 2.63. The highest BCUT2D eigenvalue weighted by Gasteiger charge is 2.15. The number of aryl methyl sites for hydroxylation is 2. The molecule has 0 spiro atoms. The summed E-state index contributed by atoms with van der Waals surface area (Å²) in [5.41, 5.74) is 1.17. The lowest BCUT2D eigenvalue weighted by Crippen LogP contribution is -2.33. The van der Waals surface area contributed by atoms with Gasteiger partial charge in [-0.05, 0) is 13.8 Å². The molecule has 2 aromatic rings. The van der Waals surface area contributed by atoms with Crippen LogP contribution in [0.2, 0.25) is 0 Å². The van der Waals surface area contributed by atoms with Gasteiger partial charge in [0.05, 0.1) is 5.69 Å². The Hall–Kier alpha value is -2.25. The maximum Gasteiger partial charge on any atom is 0.296 e. The maximum atomic E-state index is 12.2. The van der Waals surface area contributed by atoms with Crippen LogP contribution in [-0.2, 0) is 17.9 Å². The summed E-state index contributed by atoms with van der Waals surface area (Å²) in [5.74, 6) is -0.301. The van der Waals surface area contributed by atoms with Crippen molar-refractivity contribution < 1.29 is 4.79 Å². The van der Waals surface area contributed by atoms with E-state index in [2.05, 4.69) is 20.7 Å². The zero-order valence-electron chi connectivity index (χ0n) is 10.5. The number of hydrogen-bond donors (Lipinski definition) is 1. The van der Waals surface area contributed by atoms with E-state index < -0.39 is 0 Å². The van der Waals surface area contributed by atoms with E-state index in [0.29, 0.717) is 23.3 Å². The number of carbonyl (C=O) groups is 1. The van der Waals surface area contributed by atoms with Crippen LogP contribution in [0.5, 0.6) is 0 Å². The molecule has 0 saturated heterocycles. The van der Waals surface area contributed by atoms with E-state index in [9.17, 15) is 9.59 Å². The van der Waals surface area contributed by atoms with Gasteiger partial charge in [-0.2, -0.15) is 9.78 Å². The Labute approximate surface area is 103 Å². The van der Waals surface area contributed by atoms with Crippen molar-refractivity contribution in [1.29, 1.82) is 0 Å². The molecule has 1 amide bonds. The maximum absolute atomic E-state index is 12.2. The molecule has 0 unspecified atom stereocenters. The number of nitrogens with zero attached hydrogens (tertiary/aromatic N) is 5.